The van der Waals surface area contributed by atoms with Gasteiger partial charge in [0.15, 0.2) is 5.96 Å². The van der Waals surface area contributed by atoms with E-state index in [1.54, 1.807) is 6.07 Å². The summed E-state index contributed by atoms with van der Waals surface area (Å²) in [5.41, 5.74) is 2.11. The minimum Gasteiger partial charge on any atom is -0.506 e. The molecule has 2 aromatic rings. The van der Waals surface area contributed by atoms with Gasteiger partial charge in [-0.15, -0.1) is 24.0 Å². The van der Waals surface area contributed by atoms with Gasteiger partial charge in [0.05, 0.1) is 5.69 Å². The van der Waals surface area contributed by atoms with Crippen molar-refractivity contribution >= 4 is 47.2 Å². The molecule has 7 heteroatoms. The first-order valence-corrected chi connectivity index (χ1v) is 9.28. The number of phenols is 1. The first-order valence-electron chi connectivity index (χ1n) is 8.90. The molecule has 0 unspecified atom stereocenters. The van der Waals surface area contributed by atoms with Gasteiger partial charge < -0.3 is 20.2 Å². The molecule has 0 aliphatic carbocycles. The number of guanidine groups is 1. The van der Waals surface area contributed by atoms with E-state index in [-0.39, 0.29) is 24.0 Å². The summed E-state index contributed by atoms with van der Waals surface area (Å²) in [5.74, 6) is 1.26. The molecule has 146 valence electrons. The first kappa shape index (κ1) is 21.6. The topological polar surface area (TPSA) is 51.1 Å². The van der Waals surface area contributed by atoms with Gasteiger partial charge in [-0.2, -0.15) is 0 Å². The van der Waals surface area contributed by atoms with Gasteiger partial charge in [0.1, 0.15) is 5.75 Å². The van der Waals surface area contributed by atoms with E-state index in [9.17, 15) is 5.11 Å². The number of hydrogen-bond donors (Lipinski definition) is 2. The first-order chi connectivity index (χ1) is 12.7. The summed E-state index contributed by atoms with van der Waals surface area (Å²) in [6.07, 6.45) is 0.900. The highest BCUT2D eigenvalue weighted by atomic mass is 127. The maximum Gasteiger partial charge on any atom is 0.193 e. The van der Waals surface area contributed by atoms with Gasteiger partial charge in [-0.05, 0) is 36.2 Å². The molecule has 0 saturated carbocycles. The molecule has 2 aromatic carbocycles. The number of aromatic hydroxyl groups is 1. The quantitative estimate of drug-likeness (QED) is 0.383. The third-order valence-electron chi connectivity index (χ3n) is 4.60. The normalized spacial score (nSPS) is 14.7. The molecule has 0 radical (unpaired) electrons. The minimum atomic E-state index is 0. The highest BCUT2D eigenvalue weighted by Gasteiger charge is 2.21. The number of rotatable bonds is 4. The van der Waals surface area contributed by atoms with Crippen molar-refractivity contribution in [1.82, 2.24) is 10.2 Å². The largest absolute Gasteiger partial charge is 0.506 e. The number of halogens is 2. The molecule has 1 heterocycles. The molecule has 0 aromatic heterocycles. The van der Waals surface area contributed by atoms with E-state index in [0.29, 0.717) is 5.75 Å². The van der Waals surface area contributed by atoms with Gasteiger partial charge in [-0.3, -0.25) is 4.99 Å². The Hall–Kier alpha value is -1.67. The number of nitrogens with one attached hydrogen (secondary N) is 1. The van der Waals surface area contributed by atoms with Gasteiger partial charge in [0.2, 0.25) is 0 Å². The summed E-state index contributed by atoms with van der Waals surface area (Å²) < 4.78 is 0. The average molecular weight is 501 g/mol. The van der Waals surface area contributed by atoms with Crippen molar-refractivity contribution in [2.45, 2.75) is 6.42 Å². The lowest BCUT2D eigenvalue weighted by atomic mass is 10.1. The molecule has 1 fully saturated rings. The monoisotopic (exact) mass is 500 g/mol. The van der Waals surface area contributed by atoms with E-state index in [1.165, 1.54) is 5.56 Å². The Morgan fingerprint density at radius 1 is 1.11 bits per heavy atom. The van der Waals surface area contributed by atoms with Gasteiger partial charge in [-0.25, -0.2) is 0 Å². The van der Waals surface area contributed by atoms with Crippen molar-refractivity contribution in [3.63, 3.8) is 0 Å². The minimum absolute atomic E-state index is 0. The van der Waals surface area contributed by atoms with Crippen LogP contribution in [0.4, 0.5) is 5.69 Å². The van der Waals surface area contributed by atoms with Gasteiger partial charge in [-0.1, -0.05) is 35.9 Å². The van der Waals surface area contributed by atoms with Crippen LogP contribution in [-0.2, 0) is 6.42 Å². The molecule has 1 aliphatic rings. The summed E-state index contributed by atoms with van der Waals surface area (Å²) >= 11 is 6.04. The van der Waals surface area contributed by atoms with Crippen molar-refractivity contribution in [3.8, 4) is 5.75 Å². The molecule has 5 nitrogen and oxygen atoms in total. The predicted molar refractivity (Wildman–Crippen MR) is 124 cm³/mol. The van der Waals surface area contributed by atoms with E-state index in [2.05, 4.69) is 26.2 Å². The molecule has 27 heavy (non-hydrogen) atoms. The molecular weight excluding hydrogens is 475 g/mol. The van der Waals surface area contributed by atoms with Gasteiger partial charge in [0.25, 0.3) is 0 Å². The summed E-state index contributed by atoms with van der Waals surface area (Å²) in [6.45, 7) is 4.25. The van der Waals surface area contributed by atoms with Crippen LogP contribution in [0.15, 0.2) is 53.5 Å². The smallest absolute Gasteiger partial charge is 0.193 e. The molecule has 0 atom stereocenters. The number of benzene rings is 2. The zero-order valence-corrected chi connectivity index (χ0v) is 18.5. The molecule has 0 amide bonds. The van der Waals surface area contributed by atoms with Crippen molar-refractivity contribution < 1.29 is 5.11 Å². The van der Waals surface area contributed by atoms with Gasteiger partial charge >= 0.3 is 0 Å². The number of phenolic OH excluding ortho intramolecular Hbond substituents is 1. The summed E-state index contributed by atoms with van der Waals surface area (Å²) in [5, 5.41) is 14.2. The van der Waals surface area contributed by atoms with Crippen molar-refractivity contribution in [3.05, 3.63) is 59.1 Å². The zero-order valence-electron chi connectivity index (χ0n) is 15.4. The van der Waals surface area contributed by atoms with Crippen LogP contribution in [0.3, 0.4) is 0 Å². The van der Waals surface area contributed by atoms with E-state index in [0.717, 1.165) is 55.8 Å². The van der Waals surface area contributed by atoms with Crippen LogP contribution < -0.4 is 10.2 Å². The van der Waals surface area contributed by atoms with Crippen LogP contribution in [0.25, 0.3) is 0 Å². The van der Waals surface area contributed by atoms with Crippen molar-refractivity contribution in [2.75, 3.05) is 44.7 Å². The Kier molecular flexibility index (Phi) is 8.50. The number of para-hydroxylation sites is 2. The van der Waals surface area contributed by atoms with Crippen molar-refractivity contribution in [1.29, 1.82) is 0 Å². The second kappa shape index (κ2) is 10.6. The molecule has 0 spiro atoms. The number of nitrogens with zero attached hydrogens (tertiary/aromatic N) is 3. The highest BCUT2D eigenvalue weighted by molar-refractivity contribution is 14.0. The summed E-state index contributed by atoms with van der Waals surface area (Å²) in [7, 11) is 1.82. The lowest BCUT2D eigenvalue weighted by Crippen LogP contribution is -2.52. The van der Waals surface area contributed by atoms with E-state index in [1.807, 2.05) is 43.4 Å². The second-order valence-electron chi connectivity index (χ2n) is 6.32. The Labute approximate surface area is 183 Å². The molecule has 3 rings (SSSR count). The third kappa shape index (κ3) is 5.90. The highest BCUT2D eigenvalue weighted by Crippen LogP contribution is 2.27. The summed E-state index contributed by atoms with van der Waals surface area (Å²) in [6, 6.07) is 15.4. The maximum absolute atomic E-state index is 10.0. The molecule has 1 saturated heterocycles. The fourth-order valence-electron chi connectivity index (χ4n) is 3.23. The predicted octanol–water partition coefficient (Wildman–Crippen LogP) is 3.60. The Balaban J connectivity index is 0.00000261. The van der Waals surface area contributed by atoms with E-state index < -0.39 is 0 Å². The summed E-state index contributed by atoms with van der Waals surface area (Å²) in [4.78, 5) is 8.89. The van der Waals surface area contributed by atoms with Crippen LogP contribution in [0.5, 0.6) is 5.75 Å². The van der Waals surface area contributed by atoms with E-state index >= 15 is 0 Å². The van der Waals surface area contributed by atoms with Crippen LogP contribution in [0, 0.1) is 0 Å². The maximum atomic E-state index is 10.0. The average Bonchev–Trinajstić information content (AvgIpc) is 2.66. The Morgan fingerprint density at radius 2 is 1.85 bits per heavy atom. The SMILES string of the molecule is CN=C(NCCc1cccc(Cl)c1)N1CCN(c2ccccc2O)CC1.I. The lowest BCUT2D eigenvalue weighted by Gasteiger charge is -2.37. The van der Waals surface area contributed by atoms with Gasteiger partial charge in [0, 0.05) is 44.8 Å². The zero-order chi connectivity index (χ0) is 18.4. The fourth-order valence-corrected chi connectivity index (χ4v) is 3.45. The Morgan fingerprint density at radius 3 is 2.52 bits per heavy atom. The number of hydrogen-bond acceptors (Lipinski definition) is 3. The standard InChI is InChI=1S/C20H25ClN4O.HI/c1-22-20(23-10-9-16-5-4-6-17(21)15-16)25-13-11-24(12-14-25)18-7-2-3-8-19(18)26;/h2-8,15,26H,9-14H2,1H3,(H,22,23);1H. The lowest BCUT2D eigenvalue weighted by molar-refractivity contribution is 0.370. The Bertz CT molecular complexity index is 763. The van der Waals surface area contributed by atoms with Crippen LogP contribution >= 0.6 is 35.6 Å². The van der Waals surface area contributed by atoms with E-state index in [4.69, 9.17) is 11.6 Å². The molecule has 0 bridgehead atoms. The fraction of sp³-hybridized carbons (Fsp3) is 0.350. The third-order valence-corrected chi connectivity index (χ3v) is 4.83. The van der Waals surface area contributed by atoms with Crippen LogP contribution in [0.2, 0.25) is 5.02 Å². The number of anilines is 1. The molecular formula is C20H26ClIN4O. The molecule has 2 N–H and O–H groups in total. The van der Waals surface area contributed by atoms with Crippen LogP contribution in [-0.4, -0.2) is 55.7 Å². The van der Waals surface area contributed by atoms with Crippen LogP contribution in [0.1, 0.15) is 5.56 Å². The van der Waals surface area contributed by atoms with Crippen molar-refractivity contribution in [2.24, 2.45) is 4.99 Å². The number of piperazine rings is 1. The second-order valence-corrected chi connectivity index (χ2v) is 6.75. The number of aliphatic imine (C=N–C) groups is 1. The molecule has 1 aliphatic heterocycles.